The van der Waals surface area contributed by atoms with Gasteiger partial charge in [0.1, 0.15) is 11.8 Å². The molecule has 5 N–H and O–H groups in total. The highest BCUT2D eigenvalue weighted by Crippen LogP contribution is 2.12. The van der Waals surface area contributed by atoms with Crippen LogP contribution in [0.15, 0.2) is 0 Å². The van der Waals surface area contributed by atoms with E-state index in [0.717, 1.165) is 6.54 Å². The third-order valence-electron chi connectivity index (χ3n) is 6.09. The van der Waals surface area contributed by atoms with Gasteiger partial charge in [0.05, 0.1) is 13.1 Å². The number of amides is 1. The van der Waals surface area contributed by atoms with Gasteiger partial charge in [-0.2, -0.15) is 0 Å². The van der Waals surface area contributed by atoms with E-state index in [9.17, 15) is 29.4 Å². The molecule has 0 saturated carbocycles. The summed E-state index contributed by atoms with van der Waals surface area (Å²) in [5.74, 6) is -2.48. The number of carboxylic acid groups (broad SMARTS) is 3. The van der Waals surface area contributed by atoms with Crippen molar-refractivity contribution in [2.24, 2.45) is 11.7 Å². The zero-order valence-corrected chi connectivity index (χ0v) is 21.7. The predicted molar refractivity (Wildman–Crippen MR) is 133 cm³/mol. The molecule has 1 aliphatic rings. The van der Waals surface area contributed by atoms with Crippen LogP contribution in [-0.4, -0.2) is 143 Å². The minimum Gasteiger partial charge on any atom is -0.483 e. The lowest BCUT2D eigenvalue weighted by molar-refractivity contribution is -0.144. The van der Waals surface area contributed by atoms with Gasteiger partial charge in [0.25, 0.3) is 6.47 Å². The standard InChI is InChI=1S/C22H41N5O6.CH2O2/c1-4-24-7-8-25(15-20(23)29)9-10-26(16-21(30)31)12-14-27(13-11-24)18(22(32)33)5-6-19(28)17(2)3;2-1-3/h17-18H,4-16H2,1-3H3,(H2,23,29)(H,30,31)(H,32,33);1H,(H,2,3). The highest BCUT2D eigenvalue weighted by atomic mass is 16.4. The van der Waals surface area contributed by atoms with Gasteiger partial charge in [-0.3, -0.25) is 38.7 Å². The molecule has 0 aliphatic carbocycles. The Bertz CT molecular complexity index is 706. The van der Waals surface area contributed by atoms with Crippen LogP contribution < -0.4 is 5.73 Å². The van der Waals surface area contributed by atoms with Crippen molar-refractivity contribution in [1.82, 2.24) is 19.6 Å². The topological polar surface area (TPSA) is 185 Å². The molecule has 0 aromatic carbocycles. The number of nitrogens with two attached hydrogens (primary N) is 1. The number of carbonyl (C=O) groups excluding carboxylic acids is 2. The van der Waals surface area contributed by atoms with Crippen LogP contribution in [0.5, 0.6) is 0 Å². The molecule has 0 aromatic rings. The Morgan fingerprint density at radius 3 is 1.72 bits per heavy atom. The Morgan fingerprint density at radius 2 is 1.31 bits per heavy atom. The first-order valence-electron chi connectivity index (χ1n) is 12.2. The first-order valence-corrected chi connectivity index (χ1v) is 12.2. The number of primary amides is 1. The Hall–Kier alpha value is -2.61. The summed E-state index contributed by atoms with van der Waals surface area (Å²) in [6.07, 6.45) is 0.424. The van der Waals surface area contributed by atoms with Crippen molar-refractivity contribution in [3.05, 3.63) is 0 Å². The fraction of sp³-hybridized carbons (Fsp3) is 0.783. The first-order chi connectivity index (χ1) is 16.9. The molecule has 1 atom stereocenters. The molecule has 1 heterocycles. The van der Waals surface area contributed by atoms with Gasteiger partial charge in [-0.1, -0.05) is 20.8 Å². The second-order valence-electron chi connectivity index (χ2n) is 9.00. The number of Topliss-reactive ketones (excluding diaryl/α,β-unsaturated/α-hetero) is 1. The van der Waals surface area contributed by atoms with Crippen molar-refractivity contribution in [3.8, 4) is 0 Å². The fourth-order valence-electron chi connectivity index (χ4n) is 3.94. The summed E-state index contributed by atoms with van der Waals surface area (Å²) >= 11 is 0. The lowest BCUT2D eigenvalue weighted by atomic mass is 10.0. The van der Waals surface area contributed by atoms with Gasteiger partial charge >= 0.3 is 11.9 Å². The van der Waals surface area contributed by atoms with Crippen molar-refractivity contribution >= 4 is 30.1 Å². The molecule has 0 spiro atoms. The number of nitrogens with zero attached hydrogens (tertiary/aromatic N) is 4. The normalized spacial score (nSPS) is 18.2. The van der Waals surface area contributed by atoms with Crippen molar-refractivity contribution in [2.45, 2.75) is 39.7 Å². The van der Waals surface area contributed by atoms with Gasteiger partial charge in [0.15, 0.2) is 0 Å². The molecule has 1 amide bonds. The van der Waals surface area contributed by atoms with Gasteiger partial charge in [-0.05, 0) is 13.0 Å². The molecule has 0 aromatic heterocycles. The number of rotatable bonds is 11. The maximum Gasteiger partial charge on any atom is 0.320 e. The third-order valence-corrected chi connectivity index (χ3v) is 6.09. The molecule has 1 saturated heterocycles. The van der Waals surface area contributed by atoms with Crippen LogP contribution in [0.1, 0.15) is 33.6 Å². The van der Waals surface area contributed by atoms with Crippen molar-refractivity contribution in [2.75, 3.05) is 72.0 Å². The third kappa shape index (κ3) is 14.7. The number of carboxylic acids is 2. The summed E-state index contributed by atoms with van der Waals surface area (Å²) in [5.41, 5.74) is 5.38. The summed E-state index contributed by atoms with van der Waals surface area (Å²) in [6.45, 7) is 10.1. The van der Waals surface area contributed by atoms with Crippen molar-refractivity contribution in [3.63, 3.8) is 0 Å². The number of carbonyl (C=O) groups is 5. The van der Waals surface area contributed by atoms with E-state index in [4.69, 9.17) is 15.6 Å². The minimum atomic E-state index is -0.973. The monoisotopic (exact) mass is 517 g/mol. The van der Waals surface area contributed by atoms with E-state index in [1.165, 1.54) is 0 Å². The van der Waals surface area contributed by atoms with Gasteiger partial charge in [0.2, 0.25) is 5.91 Å². The quantitative estimate of drug-likeness (QED) is 0.244. The summed E-state index contributed by atoms with van der Waals surface area (Å²) in [7, 11) is 0. The highest BCUT2D eigenvalue weighted by molar-refractivity contribution is 5.81. The van der Waals surface area contributed by atoms with Gasteiger partial charge in [-0.25, -0.2) is 0 Å². The highest BCUT2D eigenvalue weighted by Gasteiger charge is 2.28. The van der Waals surface area contributed by atoms with Crippen LogP contribution in [-0.2, 0) is 24.0 Å². The van der Waals surface area contributed by atoms with E-state index in [1.807, 2.05) is 16.7 Å². The van der Waals surface area contributed by atoms with Gasteiger partial charge in [0, 0.05) is 64.7 Å². The first kappa shape index (κ1) is 33.4. The fourth-order valence-corrected chi connectivity index (χ4v) is 3.94. The molecule has 13 heteroatoms. The number of hydrogen-bond donors (Lipinski definition) is 4. The summed E-state index contributed by atoms with van der Waals surface area (Å²) in [4.78, 5) is 63.1. The number of likely N-dealkylation sites (N-methyl/N-ethyl adjacent to an activating group) is 1. The molecule has 36 heavy (non-hydrogen) atoms. The maximum absolute atomic E-state index is 12.1. The zero-order valence-electron chi connectivity index (χ0n) is 21.7. The lowest BCUT2D eigenvalue weighted by Gasteiger charge is -2.35. The lowest BCUT2D eigenvalue weighted by Crippen LogP contribution is -2.51. The van der Waals surface area contributed by atoms with Crippen molar-refractivity contribution < 1.29 is 39.3 Å². The molecular weight excluding hydrogens is 474 g/mol. The SMILES string of the molecule is CCN1CCN(CC(N)=O)CCN(CC(=O)O)CCN(C(CCC(=O)C(C)C)C(=O)O)CC1.O=CO. The number of hydrogen-bond acceptors (Lipinski definition) is 9. The average Bonchev–Trinajstić information content (AvgIpc) is 2.78. The second-order valence-corrected chi connectivity index (χ2v) is 9.00. The Kier molecular flexibility index (Phi) is 17.3. The molecular formula is C23H43N5O8. The van der Waals surface area contributed by atoms with E-state index < -0.39 is 23.9 Å². The van der Waals surface area contributed by atoms with Gasteiger partial charge in [-0.15, -0.1) is 0 Å². The maximum atomic E-state index is 12.1. The molecule has 13 nitrogen and oxygen atoms in total. The van der Waals surface area contributed by atoms with E-state index >= 15 is 0 Å². The molecule has 1 fully saturated rings. The molecule has 1 aliphatic heterocycles. The van der Waals surface area contributed by atoms with Crippen LogP contribution in [0.2, 0.25) is 0 Å². The van der Waals surface area contributed by atoms with Crippen LogP contribution in [0, 0.1) is 5.92 Å². The summed E-state index contributed by atoms with van der Waals surface area (Å²) in [5, 5.41) is 26.1. The largest absolute Gasteiger partial charge is 0.483 e. The number of aliphatic carboxylic acids is 2. The summed E-state index contributed by atoms with van der Waals surface area (Å²) < 4.78 is 0. The van der Waals surface area contributed by atoms with Gasteiger partial charge < -0.3 is 26.0 Å². The average molecular weight is 518 g/mol. The Labute approximate surface area is 212 Å². The zero-order chi connectivity index (χ0) is 27.7. The van der Waals surface area contributed by atoms with E-state index in [0.29, 0.717) is 52.4 Å². The predicted octanol–water partition coefficient (Wildman–Crippen LogP) is -1.04. The van der Waals surface area contributed by atoms with Crippen molar-refractivity contribution in [1.29, 1.82) is 0 Å². The molecule has 0 bridgehead atoms. The molecule has 1 unspecified atom stereocenters. The number of ketones is 1. The van der Waals surface area contributed by atoms with Crippen LogP contribution in [0.3, 0.4) is 0 Å². The smallest absolute Gasteiger partial charge is 0.320 e. The summed E-state index contributed by atoms with van der Waals surface area (Å²) in [6, 6.07) is -0.813. The minimum absolute atomic E-state index is 0.0350. The Balaban J connectivity index is 0.00000387. The molecule has 1 rings (SSSR count). The van der Waals surface area contributed by atoms with Crippen LogP contribution in [0.25, 0.3) is 0 Å². The van der Waals surface area contributed by atoms with E-state index in [2.05, 4.69) is 4.90 Å². The van der Waals surface area contributed by atoms with E-state index in [-0.39, 0.29) is 44.1 Å². The van der Waals surface area contributed by atoms with E-state index in [1.54, 1.807) is 18.7 Å². The molecule has 208 valence electrons. The molecule has 0 radical (unpaired) electrons. The van der Waals surface area contributed by atoms with Crippen LogP contribution >= 0.6 is 0 Å². The van der Waals surface area contributed by atoms with Crippen LogP contribution in [0.4, 0.5) is 0 Å². The Morgan fingerprint density at radius 1 is 0.861 bits per heavy atom. The second kappa shape index (κ2) is 18.6.